The molecule has 2 atom stereocenters. The summed E-state index contributed by atoms with van der Waals surface area (Å²) in [4.78, 5) is 2.55. The zero-order valence-electron chi connectivity index (χ0n) is 13.5. The van der Waals surface area contributed by atoms with Crippen molar-refractivity contribution < 1.29 is 5.11 Å². The zero-order valence-corrected chi connectivity index (χ0v) is 13.5. The van der Waals surface area contributed by atoms with E-state index in [4.69, 9.17) is 0 Å². The molecule has 2 aliphatic rings. The quantitative estimate of drug-likeness (QED) is 0.786. The van der Waals surface area contributed by atoms with Crippen LogP contribution in [0.2, 0.25) is 0 Å². The molecule has 2 aliphatic carbocycles. The highest BCUT2D eigenvalue weighted by Gasteiger charge is 2.33. The lowest BCUT2D eigenvalue weighted by Crippen LogP contribution is -2.40. The topological polar surface area (TPSA) is 23.5 Å². The van der Waals surface area contributed by atoms with Crippen molar-refractivity contribution in [2.24, 2.45) is 11.8 Å². The third-order valence-electron chi connectivity index (χ3n) is 5.14. The van der Waals surface area contributed by atoms with Gasteiger partial charge in [0.05, 0.1) is 6.10 Å². The third kappa shape index (κ3) is 4.08. The SMILES string of the molecule is CCc1ccc(C(O)C(C)N(CC2CC2)CC2CC2)cc1. The van der Waals surface area contributed by atoms with Crippen molar-refractivity contribution in [3.63, 3.8) is 0 Å². The van der Waals surface area contributed by atoms with Crippen LogP contribution in [0.3, 0.4) is 0 Å². The highest BCUT2D eigenvalue weighted by molar-refractivity contribution is 5.25. The van der Waals surface area contributed by atoms with Crippen LogP contribution in [-0.4, -0.2) is 29.1 Å². The van der Waals surface area contributed by atoms with E-state index in [0.29, 0.717) is 0 Å². The smallest absolute Gasteiger partial charge is 0.0942 e. The van der Waals surface area contributed by atoms with Crippen LogP contribution in [0.25, 0.3) is 0 Å². The van der Waals surface area contributed by atoms with Gasteiger partial charge in [0.25, 0.3) is 0 Å². The minimum absolute atomic E-state index is 0.221. The lowest BCUT2D eigenvalue weighted by atomic mass is 9.99. The number of rotatable bonds is 8. The summed E-state index contributed by atoms with van der Waals surface area (Å²) >= 11 is 0. The Labute approximate surface area is 129 Å². The summed E-state index contributed by atoms with van der Waals surface area (Å²) in [6.45, 7) is 6.73. The molecule has 2 nitrogen and oxygen atoms in total. The van der Waals surface area contributed by atoms with Crippen LogP contribution in [-0.2, 0) is 6.42 Å². The molecule has 3 rings (SSSR count). The summed E-state index contributed by atoms with van der Waals surface area (Å²) in [5.74, 6) is 1.78. The molecular formula is C19H29NO. The van der Waals surface area contributed by atoms with Crippen LogP contribution in [0.5, 0.6) is 0 Å². The Hall–Kier alpha value is -0.860. The van der Waals surface area contributed by atoms with Gasteiger partial charge in [-0.3, -0.25) is 4.90 Å². The molecular weight excluding hydrogens is 258 g/mol. The predicted molar refractivity (Wildman–Crippen MR) is 87.3 cm³/mol. The van der Waals surface area contributed by atoms with Gasteiger partial charge in [0.1, 0.15) is 0 Å². The lowest BCUT2D eigenvalue weighted by molar-refractivity contribution is 0.0522. The van der Waals surface area contributed by atoms with E-state index in [0.717, 1.165) is 23.8 Å². The number of hydrogen-bond acceptors (Lipinski definition) is 2. The van der Waals surface area contributed by atoms with Crippen LogP contribution >= 0.6 is 0 Å². The van der Waals surface area contributed by atoms with Gasteiger partial charge in [-0.05, 0) is 62.0 Å². The van der Waals surface area contributed by atoms with Gasteiger partial charge in [0, 0.05) is 19.1 Å². The molecule has 1 N–H and O–H groups in total. The Morgan fingerprint density at radius 2 is 1.57 bits per heavy atom. The van der Waals surface area contributed by atoms with Crippen molar-refractivity contribution in [2.45, 2.75) is 58.1 Å². The van der Waals surface area contributed by atoms with Crippen molar-refractivity contribution in [3.8, 4) is 0 Å². The predicted octanol–water partition coefficient (Wildman–Crippen LogP) is 3.79. The van der Waals surface area contributed by atoms with Crippen LogP contribution in [0, 0.1) is 11.8 Å². The second-order valence-electron chi connectivity index (χ2n) is 7.12. The van der Waals surface area contributed by atoms with Crippen molar-refractivity contribution in [3.05, 3.63) is 35.4 Å². The molecule has 1 aromatic carbocycles. The van der Waals surface area contributed by atoms with E-state index >= 15 is 0 Å². The molecule has 0 aliphatic heterocycles. The van der Waals surface area contributed by atoms with E-state index in [9.17, 15) is 5.11 Å². The van der Waals surface area contributed by atoms with Gasteiger partial charge in [-0.15, -0.1) is 0 Å². The van der Waals surface area contributed by atoms with E-state index in [2.05, 4.69) is 43.0 Å². The van der Waals surface area contributed by atoms with E-state index in [1.807, 2.05) is 0 Å². The largest absolute Gasteiger partial charge is 0.387 e. The molecule has 116 valence electrons. The fourth-order valence-electron chi connectivity index (χ4n) is 3.10. The number of benzene rings is 1. The Morgan fingerprint density at radius 1 is 1.05 bits per heavy atom. The molecule has 2 unspecified atom stereocenters. The van der Waals surface area contributed by atoms with Gasteiger partial charge in [-0.25, -0.2) is 0 Å². The fraction of sp³-hybridized carbons (Fsp3) is 0.684. The molecule has 0 amide bonds. The van der Waals surface area contributed by atoms with Gasteiger partial charge in [-0.2, -0.15) is 0 Å². The van der Waals surface area contributed by atoms with E-state index in [-0.39, 0.29) is 12.1 Å². The second kappa shape index (κ2) is 6.50. The average Bonchev–Trinajstić information content (AvgIpc) is 3.41. The molecule has 2 saturated carbocycles. The molecule has 0 aromatic heterocycles. The molecule has 0 heterocycles. The standard InChI is InChI=1S/C19H29NO/c1-3-15-8-10-18(11-9-15)19(21)14(2)20(12-16-4-5-16)13-17-6-7-17/h8-11,14,16-17,19,21H,3-7,12-13H2,1-2H3. The van der Waals surface area contributed by atoms with E-state index in [1.165, 1.54) is 44.3 Å². The molecule has 0 radical (unpaired) electrons. The van der Waals surface area contributed by atoms with Crippen molar-refractivity contribution in [1.29, 1.82) is 0 Å². The number of nitrogens with zero attached hydrogens (tertiary/aromatic N) is 1. The summed E-state index contributed by atoms with van der Waals surface area (Å²) in [7, 11) is 0. The normalized spacial score (nSPS) is 21.5. The lowest BCUT2D eigenvalue weighted by Gasteiger charge is -2.33. The highest BCUT2D eigenvalue weighted by atomic mass is 16.3. The first-order chi connectivity index (χ1) is 10.2. The third-order valence-corrected chi connectivity index (χ3v) is 5.14. The average molecular weight is 287 g/mol. The number of aliphatic hydroxyl groups is 1. The minimum Gasteiger partial charge on any atom is -0.387 e. The maximum absolute atomic E-state index is 10.7. The Kier molecular flexibility index (Phi) is 4.66. The maximum atomic E-state index is 10.7. The fourth-order valence-corrected chi connectivity index (χ4v) is 3.10. The second-order valence-corrected chi connectivity index (χ2v) is 7.12. The van der Waals surface area contributed by atoms with E-state index in [1.54, 1.807) is 0 Å². The van der Waals surface area contributed by atoms with E-state index < -0.39 is 0 Å². The number of aryl methyl sites for hydroxylation is 1. The molecule has 2 heteroatoms. The first-order valence-electron chi connectivity index (χ1n) is 8.68. The molecule has 2 fully saturated rings. The van der Waals surface area contributed by atoms with Crippen LogP contribution < -0.4 is 0 Å². The van der Waals surface area contributed by atoms with Crippen LogP contribution in [0.15, 0.2) is 24.3 Å². The monoisotopic (exact) mass is 287 g/mol. The summed E-state index contributed by atoms with van der Waals surface area (Å²) < 4.78 is 0. The van der Waals surface area contributed by atoms with Crippen molar-refractivity contribution >= 4 is 0 Å². The summed E-state index contributed by atoms with van der Waals surface area (Å²) in [6.07, 6.45) is 6.23. The van der Waals surface area contributed by atoms with Gasteiger partial charge in [0.2, 0.25) is 0 Å². The first kappa shape index (κ1) is 15.1. The number of aliphatic hydroxyl groups excluding tert-OH is 1. The van der Waals surface area contributed by atoms with Gasteiger partial charge in [-0.1, -0.05) is 31.2 Å². The number of hydrogen-bond donors (Lipinski definition) is 1. The Morgan fingerprint density at radius 3 is 2.00 bits per heavy atom. The minimum atomic E-state index is -0.367. The molecule has 0 spiro atoms. The van der Waals surface area contributed by atoms with Crippen molar-refractivity contribution in [2.75, 3.05) is 13.1 Å². The van der Waals surface area contributed by atoms with Gasteiger partial charge < -0.3 is 5.11 Å². The van der Waals surface area contributed by atoms with Gasteiger partial charge in [0.15, 0.2) is 0 Å². The summed E-state index contributed by atoms with van der Waals surface area (Å²) in [6, 6.07) is 8.73. The van der Waals surface area contributed by atoms with Gasteiger partial charge >= 0.3 is 0 Å². The van der Waals surface area contributed by atoms with Crippen LogP contribution in [0.4, 0.5) is 0 Å². The van der Waals surface area contributed by atoms with Crippen molar-refractivity contribution in [1.82, 2.24) is 4.90 Å². The molecule has 1 aromatic rings. The molecule has 21 heavy (non-hydrogen) atoms. The summed E-state index contributed by atoms with van der Waals surface area (Å²) in [5.41, 5.74) is 2.41. The Balaban J connectivity index is 1.65. The zero-order chi connectivity index (χ0) is 14.8. The molecule has 0 saturated heterocycles. The first-order valence-corrected chi connectivity index (χ1v) is 8.68. The Bertz CT molecular complexity index is 433. The van der Waals surface area contributed by atoms with Crippen LogP contribution in [0.1, 0.15) is 56.8 Å². The highest BCUT2D eigenvalue weighted by Crippen LogP contribution is 2.36. The maximum Gasteiger partial charge on any atom is 0.0942 e. The summed E-state index contributed by atoms with van der Waals surface area (Å²) in [5, 5.41) is 10.7. The molecule has 0 bridgehead atoms.